The van der Waals surface area contributed by atoms with Gasteiger partial charge in [0, 0.05) is 48.9 Å². The van der Waals surface area contributed by atoms with E-state index in [1.165, 1.54) is 24.4 Å². The minimum atomic E-state index is -0.119. The number of amides is 1. The van der Waals surface area contributed by atoms with Gasteiger partial charge in [-0.05, 0) is 31.1 Å². The maximum absolute atomic E-state index is 12.2. The summed E-state index contributed by atoms with van der Waals surface area (Å²) in [7, 11) is 0. The second-order valence-electron chi connectivity index (χ2n) is 8.22. The van der Waals surface area contributed by atoms with Gasteiger partial charge in [-0.3, -0.25) is 9.59 Å². The number of pyridine rings is 2. The van der Waals surface area contributed by atoms with Gasteiger partial charge in [-0.1, -0.05) is 30.3 Å². The number of likely N-dealkylation sites (tertiary alicyclic amines) is 1. The van der Waals surface area contributed by atoms with E-state index in [2.05, 4.69) is 11.6 Å². The van der Waals surface area contributed by atoms with Crippen LogP contribution in [0.3, 0.4) is 0 Å². The van der Waals surface area contributed by atoms with Gasteiger partial charge in [0.2, 0.25) is 5.91 Å². The lowest BCUT2D eigenvalue weighted by Gasteiger charge is -2.32. The van der Waals surface area contributed by atoms with Crippen molar-refractivity contribution in [3.8, 4) is 22.7 Å². The van der Waals surface area contributed by atoms with Gasteiger partial charge < -0.3 is 14.6 Å². The van der Waals surface area contributed by atoms with Crippen LogP contribution in [-0.2, 0) is 4.79 Å². The summed E-state index contributed by atoms with van der Waals surface area (Å²) >= 11 is 6.52. The van der Waals surface area contributed by atoms with Gasteiger partial charge in [-0.15, -0.1) is 0 Å². The lowest BCUT2D eigenvalue weighted by molar-refractivity contribution is -0.127. The van der Waals surface area contributed by atoms with E-state index in [1.807, 2.05) is 33.5 Å². The van der Waals surface area contributed by atoms with E-state index in [-0.39, 0.29) is 28.1 Å². The molecule has 5 rings (SSSR count). The van der Waals surface area contributed by atoms with E-state index in [1.54, 1.807) is 17.3 Å². The number of hydrogen-bond acceptors (Lipinski definition) is 5. The first-order valence-electron chi connectivity index (χ1n) is 10.9. The molecule has 1 aliphatic rings. The molecule has 4 heterocycles. The van der Waals surface area contributed by atoms with Gasteiger partial charge in [0.15, 0.2) is 16.8 Å². The monoisotopic (exact) mass is 475 g/mol. The molecule has 0 aliphatic carbocycles. The molecule has 1 aliphatic heterocycles. The fourth-order valence-corrected chi connectivity index (χ4v) is 4.60. The normalized spacial score (nSPS) is 16.0. The van der Waals surface area contributed by atoms with Crippen molar-refractivity contribution in [1.82, 2.24) is 24.2 Å². The van der Waals surface area contributed by atoms with Crippen molar-refractivity contribution in [3.63, 3.8) is 0 Å². The average molecular weight is 476 g/mol. The van der Waals surface area contributed by atoms with Crippen molar-refractivity contribution in [2.45, 2.75) is 18.9 Å². The highest BCUT2D eigenvalue weighted by atomic mass is 35.5. The highest BCUT2D eigenvalue weighted by Gasteiger charge is 2.28. The van der Waals surface area contributed by atoms with Crippen LogP contribution in [0.4, 0.5) is 0 Å². The summed E-state index contributed by atoms with van der Waals surface area (Å²) in [5.41, 5.74) is 2.79. The first-order valence-corrected chi connectivity index (χ1v) is 11.3. The van der Waals surface area contributed by atoms with Gasteiger partial charge in [0.25, 0.3) is 0 Å². The standard InChI is InChI=1S/C25H22ClN5O3/c1-2-21(34)30-11-3-4-18(15-30)31-25-22(23(26)20(33)14-27-25)24(28-31)16-5-7-17(8-6-16)29-12-9-19(32)10-13-29/h2,5-10,12-14,18,33H,1,3-4,11,15H2. The molecule has 0 spiro atoms. The molecule has 8 nitrogen and oxygen atoms in total. The maximum atomic E-state index is 12.2. The predicted molar refractivity (Wildman–Crippen MR) is 130 cm³/mol. The number of fused-ring (bicyclic) bond motifs is 1. The predicted octanol–water partition coefficient (Wildman–Crippen LogP) is 3.96. The van der Waals surface area contributed by atoms with Crippen molar-refractivity contribution < 1.29 is 9.90 Å². The van der Waals surface area contributed by atoms with Crippen LogP contribution in [-0.4, -0.2) is 48.3 Å². The fraction of sp³-hybridized carbons (Fsp3) is 0.200. The molecule has 0 radical (unpaired) electrons. The smallest absolute Gasteiger partial charge is 0.246 e. The zero-order valence-corrected chi connectivity index (χ0v) is 19.0. The second-order valence-corrected chi connectivity index (χ2v) is 8.60. The molecule has 1 atom stereocenters. The van der Waals surface area contributed by atoms with Crippen LogP contribution in [0.2, 0.25) is 5.02 Å². The third-order valence-corrected chi connectivity index (χ3v) is 6.49. The lowest BCUT2D eigenvalue weighted by Crippen LogP contribution is -2.40. The molecule has 0 bridgehead atoms. The summed E-state index contributed by atoms with van der Waals surface area (Å²) in [6.45, 7) is 4.76. The summed E-state index contributed by atoms with van der Waals surface area (Å²) < 4.78 is 3.66. The Morgan fingerprint density at radius 1 is 1.18 bits per heavy atom. The van der Waals surface area contributed by atoms with Crippen LogP contribution >= 0.6 is 11.6 Å². The van der Waals surface area contributed by atoms with Crippen molar-refractivity contribution in [2.24, 2.45) is 0 Å². The van der Waals surface area contributed by atoms with E-state index in [0.29, 0.717) is 29.8 Å². The minimum Gasteiger partial charge on any atom is -0.505 e. The van der Waals surface area contributed by atoms with Crippen molar-refractivity contribution in [1.29, 1.82) is 0 Å². The van der Waals surface area contributed by atoms with Crippen LogP contribution in [0, 0.1) is 0 Å². The molecular weight excluding hydrogens is 454 g/mol. The van der Waals surface area contributed by atoms with Gasteiger partial charge in [0.1, 0.15) is 5.69 Å². The van der Waals surface area contributed by atoms with Crippen molar-refractivity contribution in [2.75, 3.05) is 13.1 Å². The Morgan fingerprint density at radius 3 is 2.62 bits per heavy atom. The highest BCUT2D eigenvalue weighted by molar-refractivity contribution is 6.37. The molecule has 1 saturated heterocycles. The summed E-state index contributed by atoms with van der Waals surface area (Å²) in [6, 6.07) is 10.6. The number of hydrogen-bond donors (Lipinski definition) is 1. The number of rotatable bonds is 4. The number of benzene rings is 1. The maximum Gasteiger partial charge on any atom is 0.246 e. The topological polar surface area (TPSA) is 93.2 Å². The Balaban J connectivity index is 1.58. The summed E-state index contributed by atoms with van der Waals surface area (Å²) in [5, 5.41) is 15.9. The molecular formula is C25H22ClN5O3. The number of aromatic hydroxyl groups is 1. The third-order valence-electron chi connectivity index (χ3n) is 6.11. The summed E-state index contributed by atoms with van der Waals surface area (Å²) in [5.74, 6) is -0.227. The van der Waals surface area contributed by atoms with Gasteiger partial charge >= 0.3 is 0 Å². The molecule has 3 aromatic heterocycles. The Labute approximate surface area is 200 Å². The first kappa shape index (κ1) is 21.9. The van der Waals surface area contributed by atoms with E-state index < -0.39 is 0 Å². The lowest BCUT2D eigenvalue weighted by atomic mass is 10.1. The number of piperidine rings is 1. The highest BCUT2D eigenvalue weighted by Crippen LogP contribution is 2.39. The zero-order chi connectivity index (χ0) is 23.8. The molecule has 34 heavy (non-hydrogen) atoms. The first-order chi connectivity index (χ1) is 16.5. The van der Waals surface area contributed by atoms with Crippen LogP contribution in [0.5, 0.6) is 5.75 Å². The number of carbonyl (C=O) groups excluding carboxylic acids is 1. The number of carbonyl (C=O) groups is 1. The Kier molecular flexibility index (Phi) is 5.67. The molecule has 1 aromatic carbocycles. The van der Waals surface area contributed by atoms with E-state index in [0.717, 1.165) is 24.1 Å². The molecule has 1 fully saturated rings. The minimum absolute atomic E-state index is 0.0529. The summed E-state index contributed by atoms with van der Waals surface area (Å²) in [4.78, 5) is 29.8. The van der Waals surface area contributed by atoms with Crippen LogP contribution in [0.15, 0.2) is 72.4 Å². The van der Waals surface area contributed by atoms with E-state index >= 15 is 0 Å². The van der Waals surface area contributed by atoms with E-state index in [4.69, 9.17) is 16.7 Å². The molecule has 1 N–H and O–H groups in total. The second kappa shape index (κ2) is 8.79. The fourth-order valence-electron chi connectivity index (χ4n) is 4.38. The molecule has 9 heteroatoms. The Hall–Kier alpha value is -3.91. The molecule has 172 valence electrons. The largest absolute Gasteiger partial charge is 0.505 e. The van der Waals surface area contributed by atoms with Crippen molar-refractivity contribution >= 4 is 28.5 Å². The zero-order valence-electron chi connectivity index (χ0n) is 18.3. The quantitative estimate of drug-likeness (QED) is 0.451. The third kappa shape index (κ3) is 3.86. The van der Waals surface area contributed by atoms with Crippen LogP contribution < -0.4 is 5.43 Å². The Bertz CT molecular complexity index is 1440. The Morgan fingerprint density at radius 2 is 1.91 bits per heavy atom. The van der Waals surface area contributed by atoms with Crippen LogP contribution in [0.1, 0.15) is 18.9 Å². The van der Waals surface area contributed by atoms with Gasteiger partial charge in [-0.2, -0.15) is 5.10 Å². The molecule has 1 unspecified atom stereocenters. The molecule has 1 amide bonds. The van der Waals surface area contributed by atoms with Gasteiger partial charge in [0.05, 0.1) is 22.6 Å². The average Bonchev–Trinajstić information content (AvgIpc) is 3.27. The molecule has 4 aromatic rings. The van der Waals surface area contributed by atoms with Crippen molar-refractivity contribution in [3.05, 3.63) is 82.9 Å². The summed E-state index contributed by atoms with van der Waals surface area (Å²) in [6.07, 6.45) is 7.73. The number of halogens is 1. The number of aromatic nitrogens is 4. The van der Waals surface area contributed by atoms with Gasteiger partial charge in [-0.25, -0.2) is 9.67 Å². The number of nitrogens with zero attached hydrogens (tertiary/aromatic N) is 5. The molecule has 0 saturated carbocycles. The van der Waals surface area contributed by atoms with E-state index in [9.17, 15) is 14.7 Å². The SMILES string of the molecule is C=CC(=O)N1CCCC(n2nc(-c3ccc(-n4ccc(=O)cc4)cc3)c3c(Cl)c(O)cnc32)C1. The van der Waals surface area contributed by atoms with Crippen LogP contribution in [0.25, 0.3) is 28.0 Å².